The van der Waals surface area contributed by atoms with Gasteiger partial charge in [-0.2, -0.15) is 11.3 Å². The van der Waals surface area contributed by atoms with Gasteiger partial charge in [0.05, 0.1) is 5.02 Å². The van der Waals surface area contributed by atoms with Crippen molar-refractivity contribution in [2.45, 2.75) is 6.10 Å². The van der Waals surface area contributed by atoms with Gasteiger partial charge >= 0.3 is 0 Å². The molecule has 1 unspecified atom stereocenters. The standard InChI is InChI=1S/C11H8ClFOS/c12-9-2-1-7(5-10(9)13)11(14)8-3-4-15-6-8/h1-6,11,14H. The molecule has 2 aromatic rings. The molecule has 0 fully saturated rings. The maximum absolute atomic E-state index is 13.1. The molecule has 0 aliphatic carbocycles. The third-order valence-corrected chi connectivity index (χ3v) is 3.13. The highest BCUT2D eigenvalue weighted by atomic mass is 35.5. The highest BCUT2D eigenvalue weighted by Crippen LogP contribution is 2.26. The Bertz CT molecular complexity index is 456. The van der Waals surface area contributed by atoms with E-state index in [-0.39, 0.29) is 5.02 Å². The summed E-state index contributed by atoms with van der Waals surface area (Å²) >= 11 is 7.05. The summed E-state index contributed by atoms with van der Waals surface area (Å²) in [6.45, 7) is 0. The fourth-order valence-corrected chi connectivity index (χ4v) is 2.10. The van der Waals surface area contributed by atoms with Gasteiger partial charge in [0, 0.05) is 0 Å². The minimum Gasteiger partial charge on any atom is -0.384 e. The lowest BCUT2D eigenvalue weighted by molar-refractivity contribution is 0.220. The van der Waals surface area contributed by atoms with Gasteiger partial charge in [0.25, 0.3) is 0 Å². The number of aliphatic hydroxyl groups excluding tert-OH is 1. The predicted molar refractivity (Wildman–Crippen MR) is 59.8 cm³/mol. The van der Waals surface area contributed by atoms with E-state index in [2.05, 4.69) is 0 Å². The average molecular weight is 243 g/mol. The Labute approximate surface area is 95.8 Å². The maximum atomic E-state index is 13.1. The summed E-state index contributed by atoms with van der Waals surface area (Å²) in [5.74, 6) is -0.511. The molecule has 0 bridgehead atoms. The zero-order valence-electron chi connectivity index (χ0n) is 7.65. The van der Waals surface area contributed by atoms with Crippen molar-refractivity contribution in [3.63, 3.8) is 0 Å². The Balaban J connectivity index is 2.34. The lowest BCUT2D eigenvalue weighted by Crippen LogP contribution is -1.98. The molecule has 1 N–H and O–H groups in total. The zero-order valence-corrected chi connectivity index (χ0v) is 9.23. The van der Waals surface area contributed by atoms with Crippen LogP contribution < -0.4 is 0 Å². The van der Waals surface area contributed by atoms with E-state index in [0.29, 0.717) is 5.56 Å². The third-order valence-electron chi connectivity index (χ3n) is 2.12. The van der Waals surface area contributed by atoms with Crippen molar-refractivity contribution in [3.05, 3.63) is 57.0 Å². The highest BCUT2D eigenvalue weighted by Gasteiger charge is 2.12. The van der Waals surface area contributed by atoms with Gasteiger partial charge in [0.2, 0.25) is 0 Å². The van der Waals surface area contributed by atoms with E-state index < -0.39 is 11.9 Å². The molecule has 15 heavy (non-hydrogen) atoms. The van der Waals surface area contributed by atoms with Crippen molar-refractivity contribution < 1.29 is 9.50 Å². The summed E-state index contributed by atoms with van der Waals surface area (Å²) in [5, 5.41) is 13.7. The first-order valence-corrected chi connectivity index (χ1v) is 5.65. The summed E-state index contributed by atoms with van der Waals surface area (Å²) in [4.78, 5) is 0. The zero-order chi connectivity index (χ0) is 10.8. The number of aliphatic hydroxyl groups is 1. The van der Waals surface area contributed by atoms with Gasteiger partial charge in [-0.05, 0) is 40.1 Å². The molecule has 1 atom stereocenters. The summed E-state index contributed by atoms with van der Waals surface area (Å²) in [6.07, 6.45) is -0.789. The van der Waals surface area contributed by atoms with Crippen LogP contribution in [-0.4, -0.2) is 5.11 Å². The van der Waals surface area contributed by atoms with Gasteiger partial charge in [-0.25, -0.2) is 4.39 Å². The molecule has 0 saturated carbocycles. The molecule has 4 heteroatoms. The van der Waals surface area contributed by atoms with E-state index in [1.165, 1.54) is 23.5 Å². The first-order valence-electron chi connectivity index (χ1n) is 4.33. The molecule has 0 aliphatic rings. The van der Waals surface area contributed by atoms with Crippen LogP contribution in [0.25, 0.3) is 0 Å². The topological polar surface area (TPSA) is 20.2 Å². The monoisotopic (exact) mass is 242 g/mol. The van der Waals surface area contributed by atoms with Crippen LogP contribution in [0, 0.1) is 5.82 Å². The number of hydrogen-bond donors (Lipinski definition) is 1. The van der Waals surface area contributed by atoms with Crippen molar-refractivity contribution in [2.24, 2.45) is 0 Å². The fourth-order valence-electron chi connectivity index (χ4n) is 1.31. The van der Waals surface area contributed by atoms with Gasteiger partial charge < -0.3 is 5.11 Å². The predicted octanol–water partition coefficient (Wildman–Crippen LogP) is 3.62. The van der Waals surface area contributed by atoms with Crippen molar-refractivity contribution >= 4 is 22.9 Å². The van der Waals surface area contributed by atoms with Crippen LogP contribution in [0.15, 0.2) is 35.0 Å². The van der Waals surface area contributed by atoms with Crippen molar-refractivity contribution in [3.8, 4) is 0 Å². The largest absolute Gasteiger partial charge is 0.384 e. The van der Waals surface area contributed by atoms with E-state index in [9.17, 15) is 9.50 Å². The Hall–Kier alpha value is -0.900. The Kier molecular flexibility index (Phi) is 3.05. The fraction of sp³-hybridized carbons (Fsp3) is 0.0909. The summed E-state index contributed by atoms with van der Waals surface area (Å²) in [6, 6.07) is 6.13. The van der Waals surface area contributed by atoms with Gasteiger partial charge in [-0.1, -0.05) is 17.7 Å². The minimum absolute atomic E-state index is 0.0660. The van der Waals surface area contributed by atoms with Crippen LogP contribution in [0.4, 0.5) is 4.39 Å². The van der Waals surface area contributed by atoms with E-state index in [4.69, 9.17) is 11.6 Å². The van der Waals surface area contributed by atoms with Gasteiger partial charge in [0.15, 0.2) is 0 Å². The van der Waals surface area contributed by atoms with Crippen molar-refractivity contribution in [1.82, 2.24) is 0 Å². The quantitative estimate of drug-likeness (QED) is 0.853. The number of hydrogen-bond acceptors (Lipinski definition) is 2. The molecule has 1 heterocycles. The van der Waals surface area contributed by atoms with Gasteiger partial charge in [0.1, 0.15) is 11.9 Å². The van der Waals surface area contributed by atoms with Crippen LogP contribution >= 0.6 is 22.9 Å². The molecule has 78 valence electrons. The van der Waals surface area contributed by atoms with Gasteiger partial charge in [-0.3, -0.25) is 0 Å². The Morgan fingerprint density at radius 1 is 1.27 bits per heavy atom. The molecule has 0 radical (unpaired) electrons. The molecule has 0 aliphatic heterocycles. The third kappa shape index (κ3) is 2.20. The Morgan fingerprint density at radius 3 is 2.67 bits per heavy atom. The van der Waals surface area contributed by atoms with E-state index in [0.717, 1.165) is 5.56 Å². The second-order valence-corrected chi connectivity index (χ2v) is 4.32. The van der Waals surface area contributed by atoms with Crippen LogP contribution in [0.3, 0.4) is 0 Å². The molecule has 1 aromatic heterocycles. The van der Waals surface area contributed by atoms with E-state index >= 15 is 0 Å². The van der Waals surface area contributed by atoms with Gasteiger partial charge in [-0.15, -0.1) is 0 Å². The van der Waals surface area contributed by atoms with Crippen LogP contribution in [0.5, 0.6) is 0 Å². The summed E-state index contributed by atoms with van der Waals surface area (Å²) in [5.41, 5.74) is 1.28. The SMILES string of the molecule is OC(c1ccsc1)c1ccc(Cl)c(F)c1. The van der Waals surface area contributed by atoms with Crippen LogP contribution in [-0.2, 0) is 0 Å². The molecule has 0 saturated heterocycles. The number of benzene rings is 1. The number of rotatable bonds is 2. The molecular weight excluding hydrogens is 235 g/mol. The van der Waals surface area contributed by atoms with Crippen LogP contribution in [0.2, 0.25) is 5.02 Å². The minimum atomic E-state index is -0.789. The molecule has 2 rings (SSSR count). The number of halogens is 2. The smallest absolute Gasteiger partial charge is 0.142 e. The van der Waals surface area contributed by atoms with E-state index in [1.54, 1.807) is 6.07 Å². The van der Waals surface area contributed by atoms with E-state index in [1.807, 2.05) is 16.8 Å². The Morgan fingerprint density at radius 2 is 2.07 bits per heavy atom. The summed E-state index contributed by atoms with van der Waals surface area (Å²) in [7, 11) is 0. The molecule has 1 aromatic carbocycles. The first kappa shape index (κ1) is 10.6. The maximum Gasteiger partial charge on any atom is 0.142 e. The molecule has 0 spiro atoms. The second kappa shape index (κ2) is 4.31. The lowest BCUT2D eigenvalue weighted by Gasteiger charge is -2.09. The molecule has 0 amide bonds. The average Bonchev–Trinajstić information content (AvgIpc) is 2.74. The molecule has 1 nitrogen and oxygen atoms in total. The van der Waals surface area contributed by atoms with Crippen molar-refractivity contribution in [1.29, 1.82) is 0 Å². The normalized spacial score (nSPS) is 12.7. The lowest BCUT2D eigenvalue weighted by atomic mass is 10.0. The highest BCUT2D eigenvalue weighted by molar-refractivity contribution is 7.07. The first-order chi connectivity index (χ1) is 7.18. The van der Waals surface area contributed by atoms with Crippen molar-refractivity contribution in [2.75, 3.05) is 0 Å². The van der Waals surface area contributed by atoms with Crippen LogP contribution in [0.1, 0.15) is 17.2 Å². The second-order valence-electron chi connectivity index (χ2n) is 3.13. The summed E-state index contributed by atoms with van der Waals surface area (Å²) < 4.78 is 13.1. The molecular formula is C11H8ClFOS. The number of thiophene rings is 1.